The van der Waals surface area contributed by atoms with Gasteiger partial charge in [-0.25, -0.2) is 4.48 Å². The zero-order chi connectivity index (χ0) is 38.4. The molecule has 0 saturated carbocycles. The van der Waals surface area contributed by atoms with Crippen LogP contribution >= 0.6 is 15.8 Å². The van der Waals surface area contributed by atoms with Gasteiger partial charge in [-0.15, -0.1) is 0 Å². The van der Waals surface area contributed by atoms with Crippen molar-refractivity contribution in [1.82, 2.24) is 4.48 Å². The minimum Gasteiger partial charge on any atom is -0.489 e. The first kappa shape index (κ1) is 33.7. The molecular formula is C50H47N2O2P2+. The van der Waals surface area contributed by atoms with E-state index in [2.05, 4.69) is 141 Å². The molecule has 6 aliphatic rings. The average Bonchev–Trinajstić information content (AvgIpc) is 3.26. The number of hydrogen-bond acceptors (Lipinski definition) is 3. The average molecular weight is 770 g/mol. The number of likely N-dealkylation sites (N-methyl/N-ethyl adjacent to an activating group) is 2. The van der Waals surface area contributed by atoms with Gasteiger partial charge in [0.1, 0.15) is 12.3 Å². The first-order valence-electron chi connectivity index (χ1n) is 20.2. The van der Waals surface area contributed by atoms with Gasteiger partial charge in [0.25, 0.3) is 0 Å². The van der Waals surface area contributed by atoms with E-state index in [1.54, 1.807) is 0 Å². The summed E-state index contributed by atoms with van der Waals surface area (Å²) in [5, 5.41) is 7.38. The van der Waals surface area contributed by atoms with Crippen LogP contribution in [0.2, 0.25) is 0 Å². The zero-order valence-corrected chi connectivity index (χ0v) is 35.8. The fourth-order valence-electron chi connectivity index (χ4n) is 12.1. The van der Waals surface area contributed by atoms with Crippen molar-refractivity contribution in [2.45, 2.75) is 67.3 Å². The van der Waals surface area contributed by atoms with Crippen molar-refractivity contribution >= 4 is 59.4 Å². The van der Waals surface area contributed by atoms with Gasteiger partial charge in [0, 0.05) is 48.1 Å². The number of quaternary nitrogens is 1. The summed E-state index contributed by atoms with van der Waals surface area (Å²) in [5.74, 6) is 2.25. The molecule has 6 heteroatoms. The molecule has 0 aliphatic carbocycles. The number of anilines is 1. The van der Waals surface area contributed by atoms with E-state index in [-0.39, 0.29) is 11.9 Å². The molecule has 0 amide bonds. The molecule has 0 N–H and O–H groups in total. The number of aryl methyl sites for hydroxylation is 8. The molecule has 6 heterocycles. The van der Waals surface area contributed by atoms with Crippen LogP contribution in [0.4, 0.5) is 17.1 Å². The fraction of sp³-hybridized carbons (Fsp3) is 0.280. The van der Waals surface area contributed by atoms with Crippen molar-refractivity contribution in [2.75, 3.05) is 32.1 Å². The van der Waals surface area contributed by atoms with Crippen molar-refractivity contribution < 1.29 is 9.47 Å². The van der Waals surface area contributed by atoms with Crippen molar-refractivity contribution in [2.24, 2.45) is 0 Å². The first-order chi connectivity index (χ1) is 26.9. The molecule has 12 rings (SSSR count). The zero-order valence-electron chi connectivity index (χ0n) is 34.0. The quantitative estimate of drug-likeness (QED) is 0.113. The lowest BCUT2D eigenvalue weighted by molar-refractivity contribution is 0.131. The van der Waals surface area contributed by atoms with E-state index in [0.717, 1.165) is 28.2 Å². The van der Waals surface area contributed by atoms with Gasteiger partial charge in [0.15, 0.2) is 29.1 Å². The maximum atomic E-state index is 8.06. The van der Waals surface area contributed by atoms with Gasteiger partial charge in [-0.3, -0.25) is 0 Å². The summed E-state index contributed by atoms with van der Waals surface area (Å²) in [6, 6.07) is 27.3. The van der Waals surface area contributed by atoms with Crippen LogP contribution in [-0.4, -0.2) is 33.0 Å². The number of benzene rings is 6. The minimum absolute atomic E-state index is 0.140. The Morgan fingerprint density at radius 1 is 0.589 bits per heavy atom. The SMILES string of the molecule is Cc1cc(C)c2c(c1)P1c3cc4c5c(c3-c3c-2ccc2c3OCCN2C)OC(c2c(C)cc(C)cc21)C1P(c2cc(C)cc(C)c2-4)c2cc(C)cc(C)c2[N+]51C. The first-order valence-corrected chi connectivity index (χ1v) is 22.9. The maximum Gasteiger partial charge on any atom is 0.190 e. The second kappa shape index (κ2) is 10.9. The second-order valence-electron chi connectivity index (χ2n) is 17.8. The van der Waals surface area contributed by atoms with E-state index in [0.29, 0.717) is 6.61 Å². The van der Waals surface area contributed by atoms with E-state index < -0.39 is 15.8 Å². The monoisotopic (exact) mass is 769 g/mol. The molecule has 0 fully saturated rings. The highest BCUT2D eigenvalue weighted by Gasteiger charge is 2.65. The Bertz CT molecular complexity index is 2880. The van der Waals surface area contributed by atoms with E-state index in [4.69, 9.17) is 9.47 Å². The Morgan fingerprint density at radius 2 is 1.20 bits per heavy atom. The second-order valence-corrected chi connectivity index (χ2v) is 22.1. The van der Waals surface area contributed by atoms with Crippen molar-refractivity contribution in [3.63, 3.8) is 0 Å². The third-order valence-electron chi connectivity index (χ3n) is 13.9. The Labute approximate surface area is 333 Å². The van der Waals surface area contributed by atoms with E-state index in [1.165, 1.54) is 121 Å². The van der Waals surface area contributed by atoms with E-state index >= 15 is 0 Å². The van der Waals surface area contributed by atoms with Crippen LogP contribution in [-0.2, 0) is 0 Å². The maximum absolute atomic E-state index is 8.06. The van der Waals surface area contributed by atoms with Crippen molar-refractivity contribution in [1.29, 1.82) is 0 Å². The molecule has 4 nitrogen and oxygen atoms in total. The van der Waals surface area contributed by atoms with Crippen LogP contribution in [0.5, 0.6) is 11.5 Å². The molecule has 0 aromatic heterocycles. The normalized spacial score (nSPS) is 23.4. The molecule has 6 aliphatic heterocycles. The summed E-state index contributed by atoms with van der Waals surface area (Å²) in [6.45, 7) is 20.1. The van der Waals surface area contributed by atoms with Gasteiger partial charge in [-0.1, -0.05) is 65.2 Å². The summed E-state index contributed by atoms with van der Waals surface area (Å²) >= 11 is 0. The molecular weight excluding hydrogens is 723 g/mol. The van der Waals surface area contributed by atoms with Crippen molar-refractivity contribution in [3.8, 4) is 44.9 Å². The molecule has 6 aromatic rings. The summed E-state index contributed by atoms with van der Waals surface area (Å²) in [6.07, 6.45) is -0.140. The number of fused-ring (bicyclic) bond motifs is 14. The van der Waals surface area contributed by atoms with E-state index in [1.807, 2.05) is 0 Å². The molecule has 5 unspecified atom stereocenters. The van der Waals surface area contributed by atoms with Gasteiger partial charge in [0.2, 0.25) is 0 Å². The van der Waals surface area contributed by atoms with Crippen LogP contribution < -0.4 is 45.4 Å². The summed E-state index contributed by atoms with van der Waals surface area (Å²) < 4.78 is 15.7. The number of hydrogen-bond donors (Lipinski definition) is 0. The van der Waals surface area contributed by atoms with Gasteiger partial charge in [-0.2, -0.15) is 0 Å². The predicted molar refractivity (Wildman–Crippen MR) is 239 cm³/mol. The van der Waals surface area contributed by atoms with Crippen LogP contribution in [0.3, 0.4) is 0 Å². The van der Waals surface area contributed by atoms with Gasteiger partial charge >= 0.3 is 0 Å². The third-order valence-corrected chi connectivity index (χ3v) is 19.4. The van der Waals surface area contributed by atoms with E-state index in [9.17, 15) is 0 Å². The molecule has 9 bridgehead atoms. The number of nitrogens with zero attached hydrogens (tertiary/aromatic N) is 2. The van der Waals surface area contributed by atoms with Gasteiger partial charge < -0.3 is 14.4 Å². The molecule has 278 valence electrons. The van der Waals surface area contributed by atoms with Crippen LogP contribution in [0.25, 0.3) is 33.4 Å². The standard InChI is InChI=1S/C50H47N2O2P2/c1-24-15-28(5)40-32-11-12-34-47(53-14-13-51(34)9)43(32)44-38-23-33-41-29(6)16-25(2)20-36(41)56-39-22-27(4)18-31(8)45(39)52(10)46(33)48(44)54-49(50(52)56)42-30(7)17-26(3)21-37(42)55(38)35(40)19-24/h11-12,15-23,49-50H,13-14H2,1-10H3/q+1. The van der Waals surface area contributed by atoms with Gasteiger partial charge in [0.05, 0.1) is 19.3 Å². The molecule has 0 radical (unpaired) electrons. The Hall–Kier alpha value is -4.46. The lowest BCUT2D eigenvalue weighted by atomic mass is 9.85. The Morgan fingerprint density at radius 3 is 1.93 bits per heavy atom. The largest absolute Gasteiger partial charge is 0.489 e. The summed E-state index contributed by atoms with van der Waals surface area (Å²) in [4.78, 5) is 2.38. The third kappa shape index (κ3) is 3.92. The fourth-order valence-corrected chi connectivity index (χ4v) is 19.1. The summed E-state index contributed by atoms with van der Waals surface area (Å²) in [5.41, 5.74) is 24.1. The predicted octanol–water partition coefficient (Wildman–Crippen LogP) is 9.86. The topological polar surface area (TPSA) is 21.7 Å². The highest BCUT2D eigenvalue weighted by Crippen LogP contribution is 2.73. The Balaban J connectivity index is 1.39. The molecule has 6 aromatic carbocycles. The molecule has 56 heavy (non-hydrogen) atoms. The molecule has 0 spiro atoms. The lowest BCUT2D eigenvalue weighted by Gasteiger charge is -2.48. The number of ether oxygens (including phenoxy) is 2. The van der Waals surface area contributed by atoms with Crippen molar-refractivity contribution in [3.05, 3.63) is 117 Å². The Kier molecular flexibility index (Phi) is 6.57. The molecule has 0 saturated heterocycles. The highest BCUT2D eigenvalue weighted by molar-refractivity contribution is 7.80. The van der Waals surface area contributed by atoms with Crippen LogP contribution in [0.1, 0.15) is 56.2 Å². The van der Waals surface area contributed by atoms with Gasteiger partial charge in [-0.05, 0) is 142 Å². The van der Waals surface area contributed by atoms with Crippen LogP contribution in [0.15, 0.2) is 66.7 Å². The molecule has 5 atom stereocenters. The summed E-state index contributed by atoms with van der Waals surface area (Å²) in [7, 11) is 2.93. The number of rotatable bonds is 0. The lowest BCUT2D eigenvalue weighted by Crippen LogP contribution is -2.54. The van der Waals surface area contributed by atoms with Crippen LogP contribution in [0, 0.1) is 55.4 Å². The smallest absolute Gasteiger partial charge is 0.190 e. The highest BCUT2D eigenvalue weighted by atomic mass is 31.1. The minimum atomic E-state index is -1.01.